The molecule has 0 aliphatic rings. The number of hydrogen-bond acceptors (Lipinski definition) is 4. The molecule has 0 radical (unpaired) electrons. The summed E-state index contributed by atoms with van der Waals surface area (Å²) in [5, 5.41) is 0.651. The summed E-state index contributed by atoms with van der Waals surface area (Å²) in [6.45, 7) is 10.2. The summed E-state index contributed by atoms with van der Waals surface area (Å²) in [5.74, 6) is 0.481. The number of carbonyl (C=O) groups excluding carboxylic acids is 1. The number of rotatable bonds is 7. The molecule has 3 aromatic carbocycles. The van der Waals surface area contributed by atoms with Crippen molar-refractivity contribution in [1.82, 2.24) is 9.55 Å². The first kappa shape index (κ1) is 25.4. The van der Waals surface area contributed by atoms with E-state index in [0.29, 0.717) is 17.5 Å². The van der Waals surface area contributed by atoms with Crippen molar-refractivity contribution in [1.29, 1.82) is 0 Å². The van der Waals surface area contributed by atoms with E-state index in [4.69, 9.17) is 9.72 Å². The van der Waals surface area contributed by atoms with E-state index in [9.17, 15) is 9.59 Å². The molecule has 0 amide bonds. The number of esters is 1. The smallest absolute Gasteiger partial charge is 0.339 e. The molecule has 0 bridgehead atoms. The van der Waals surface area contributed by atoms with Gasteiger partial charge in [0.15, 0.2) is 0 Å². The van der Waals surface area contributed by atoms with Crippen molar-refractivity contribution in [2.45, 2.75) is 66.0 Å². The molecule has 0 N–H and O–H groups in total. The second kappa shape index (κ2) is 10.5. The second-order valence-electron chi connectivity index (χ2n) is 10.2. The van der Waals surface area contributed by atoms with Crippen molar-refractivity contribution in [2.24, 2.45) is 0 Å². The van der Waals surface area contributed by atoms with E-state index < -0.39 is 5.60 Å². The zero-order valence-electron chi connectivity index (χ0n) is 21.8. The molecule has 0 atom stereocenters. The molecule has 5 heteroatoms. The summed E-state index contributed by atoms with van der Waals surface area (Å²) >= 11 is 0. The van der Waals surface area contributed by atoms with Crippen LogP contribution in [0.1, 0.15) is 67.8 Å². The highest BCUT2D eigenvalue weighted by Crippen LogP contribution is 2.26. The summed E-state index contributed by atoms with van der Waals surface area (Å²) in [5.41, 5.74) is 4.52. The predicted octanol–water partition coefficient (Wildman–Crippen LogP) is 6.72. The van der Waals surface area contributed by atoms with Gasteiger partial charge in [0.2, 0.25) is 0 Å². The standard InChI is InChI=1S/C31H34N2O3/c1-6-7-15-27-32-28-21(2)11-10-14-26(28)29(34)33(27)20-22-16-18-23(19-17-22)24-12-8-9-13-25(24)30(35)36-31(3,4)5/h8-14,16-19H,6-7,15,20H2,1-5H3. The fourth-order valence-electron chi connectivity index (χ4n) is 4.34. The Kier molecular flexibility index (Phi) is 7.39. The first-order valence-electron chi connectivity index (χ1n) is 12.6. The third kappa shape index (κ3) is 5.56. The van der Waals surface area contributed by atoms with Crippen LogP contribution in [0.15, 0.2) is 71.5 Å². The Labute approximate surface area is 212 Å². The Balaban J connectivity index is 1.68. The maximum absolute atomic E-state index is 13.5. The van der Waals surface area contributed by atoms with Crippen molar-refractivity contribution in [3.05, 3.63) is 99.6 Å². The number of aromatic nitrogens is 2. The Morgan fingerprint density at radius 3 is 2.39 bits per heavy atom. The summed E-state index contributed by atoms with van der Waals surface area (Å²) in [6, 6.07) is 21.3. The molecule has 0 unspecified atom stereocenters. The van der Waals surface area contributed by atoms with Gasteiger partial charge in [-0.2, -0.15) is 0 Å². The van der Waals surface area contributed by atoms with E-state index in [1.807, 2.05) is 88.4 Å². The van der Waals surface area contributed by atoms with Gasteiger partial charge in [-0.15, -0.1) is 0 Å². The molecule has 186 valence electrons. The lowest BCUT2D eigenvalue weighted by Gasteiger charge is -2.20. The van der Waals surface area contributed by atoms with Gasteiger partial charge in [0.1, 0.15) is 11.4 Å². The Morgan fingerprint density at radius 2 is 1.69 bits per heavy atom. The summed E-state index contributed by atoms with van der Waals surface area (Å²) < 4.78 is 7.41. The molecule has 0 saturated heterocycles. The maximum Gasteiger partial charge on any atom is 0.339 e. The van der Waals surface area contributed by atoms with Crippen molar-refractivity contribution in [3.8, 4) is 11.1 Å². The lowest BCUT2D eigenvalue weighted by Crippen LogP contribution is -2.26. The highest BCUT2D eigenvalue weighted by Gasteiger charge is 2.20. The third-order valence-corrected chi connectivity index (χ3v) is 6.17. The van der Waals surface area contributed by atoms with E-state index in [0.717, 1.165) is 52.9 Å². The SMILES string of the molecule is CCCCc1nc2c(C)cccc2c(=O)n1Cc1ccc(-c2ccccc2C(=O)OC(C)(C)C)cc1. The number of nitrogens with zero attached hydrogens (tertiary/aromatic N) is 2. The van der Waals surface area contributed by atoms with Gasteiger partial charge < -0.3 is 4.74 Å². The maximum atomic E-state index is 13.5. The molecule has 5 nitrogen and oxygen atoms in total. The monoisotopic (exact) mass is 482 g/mol. The molecular weight excluding hydrogens is 448 g/mol. The van der Waals surface area contributed by atoms with Crippen LogP contribution in [0.3, 0.4) is 0 Å². The van der Waals surface area contributed by atoms with E-state index in [1.165, 1.54) is 0 Å². The minimum Gasteiger partial charge on any atom is -0.456 e. The summed E-state index contributed by atoms with van der Waals surface area (Å²) in [4.78, 5) is 31.2. The van der Waals surface area contributed by atoms with Crippen LogP contribution >= 0.6 is 0 Å². The highest BCUT2D eigenvalue weighted by atomic mass is 16.6. The molecule has 4 rings (SSSR count). The number of aryl methyl sites for hydroxylation is 2. The quantitative estimate of drug-likeness (QED) is 0.274. The van der Waals surface area contributed by atoms with E-state index in [-0.39, 0.29) is 11.5 Å². The van der Waals surface area contributed by atoms with Gasteiger partial charge in [0.05, 0.1) is 23.0 Å². The Hall–Kier alpha value is -3.73. The number of carbonyl (C=O) groups is 1. The number of benzene rings is 3. The van der Waals surface area contributed by atoms with Gasteiger partial charge in [-0.05, 0) is 68.5 Å². The normalized spacial score (nSPS) is 11.6. The zero-order chi connectivity index (χ0) is 25.9. The van der Waals surface area contributed by atoms with Gasteiger partial charge >= 0.3 is 5.97 Å². The summed E-state index contributed by atoms with van der Waals surface area (Å²) in [7, 11) is 0. The molecular formula is C31H34N2O3. The molecule has 0 aliphatic carbocycles. The van der Waals surface area contributed by atoms with Gasteiger partial charge in [-0.1, -0.05) is 67.9 Å². The second-order valence-corrected chi connectivity index (χ2v) is 10.2. The largest absolute Gasteiger partial charge is 0.456 e. The topological polar surface area (TPSA) is 61.2 Å². The van der Waals surface area contributed by atoms with Gasteiger partial charge in [-0.25, -0.2) is 9.78 Å². The average Bonchev–Trinajstić information content (AvgIpc) is 2.84. The van der Waals surface area contributed by atoms with Crippen molar-refractivity contribution in [3.63, 3.8) is 0 Å². The molecule has 1 aromatic heterocycles. The van der Waals surface area contributed by atoms with Crippen LogP contribution in [0.5, 0.6) is 0 Å². The zero-order valence-corrected chi connectivity index (χ0v) is 21.8. The van der Waals surface area contributed by atoms with Crippen molar-refractivity contribution in [2.75, 3.05) is 0 Å². The van der Waals surface area contributed by atoms with Crippen molar-refractivity contribution >= 4 is 16.9 Å². The number of hydrogen-bond donors (Lipinski definition) is 0. The van der Waals surface area contributed by atoms with E-state index in [2.05, 4.69) is 6.92 Å². The van der Waals surface area contributed by atoms with Crippen LogP contribution in [-0.2, 0) is 17.7 Å². The summed E-state index contributed by atoms with van der Waals surface area (Å²) in [6.07, 6.45) is 2.77. The minimum absolute atomic E-state index is 0.00542. The molecule has 4 aromatic rings. The number of para-hydroxylation sites is 1. The van der Waals surface area contributed by atoms with Gasteiger partial charge in [-0.3, -0.25) is 9.36 Å². The molecule has 0 saturated carbocycles. The third-order valence-electron chi connectivity index (χ3n) is 6.17. The van der Waals surface area contributed by atoms with Crippen LogP contribution < -0.4 is 5.56 Å². The fourth-order valence-corrected chi connectivity index (χ4v) is 4.34. The van der Waals surface area contributed by atoms with Crippen LogP contribution in [0.2, 0.25) is 0 Å². The van der Waals surface area contributed by atoms with E-state index >= 15 is 0 Å². The average molecular weight is 483 g/mol. The lowest BCUT2D eigenvalue weighted by atomic mass is 9.98. The molecule has 0 fully saturated rings. The van der Waals surface area contributed by atoms with Gasteiger partial charge in [0.25, 0.3) is 5.56 Å². The number of ether oxygens (including phenoxy) is 1. The Bertz CT molecular complexity index is 1440. The fraction of sp³-hybridized carbons (Fsp3) is 0.323. The molecule has 0 aliphatic heterocycles. The molecule has 0 spiro atoms. The highest BCUT2D eigenvalue weighted by molar-refractivity contribution is 5.97. The first-order chi connectivity index (χ1) is 17.2. The van der Waals surface area contributed by atoms with Crippen molar-refractivity contribution < 1.29 is 9.53 Å². The van der Waals surface area contributed by atoms with Crippen LogP contribution in [0.25, 0.3) is 22.0 Å². The number of fused-ring (bicyclic) bond motifs is 1. The number of unbranched alkanes of at least 4 members (excludes halogenated alkanes) is 1. The first-order valence-corrected chi connectivity index (χ1v) is 12.6. The minimum atomic E-state index is -0.566. The van der Waals surface area contributed by atoms with Crippen LogP contribution in [0, 0.1) is 6.92 Å². The van der Waals surface area contributed by atoms with Crippen LogP contribution in [-0.4, -0.2) is 21.1 Å². The molecule has 36 heavy (non-hydrogen) atoms. The molecule has 1 heterocycles. The predicted molar refractivity (Wildman–Crippen MR) is 146 cm³/mol. The Morgan fingerprint density at radius 1 is 0.972 bits per heavy atom. The van der Waals surface area contributed by atoms with Crippen LogP contribution in [0.4, 0.5) is 0 Å². The van der Waals surface area contributed by atoms with E-state index in [1.54, 1.807) is 10.6 Å². The van der Waals surface area contributed by atoms with Gasteiger partial charge in [0, 0.05) is 6.42 Å². The lowest BCUT2D eigenvalue weighted by molar-refractivity contribution is 0.00704.